The van der Waals surface area contributed by atoms with Crippen LogP contribution in [0.1, 0.15) is 17.5 Å². The van der Waals surface area contributed by atoms with Crippen LogP contribution in [0.4, 0.5) is 0 Å². The fourth-order valence-electron chi connectivity index (χ4n) is 1.90. The highest BCUT2D eigenvalue weighted by Crippen LogP contribution is 2.13. The zero-order chi connectivity index (χ0) is 12.1. The van der Waals surface area contributed by atoms with Crippen molar-refractivity contribution in [2.24, 2.45) is 5.92 Å². The lowest BCUT2D eigenvalue weighted by Gasteiger charge is -2.09. The Kier molecular flexibility index (Phi) is 4.57. The summed E-state index contributed by atoms with van der Waals surface area (Å²) in [4.78, 5) is 11.8. The first-order chi connectivity index (χ1) is 8.29. The lowest BCUT2D eigenvalue weighted by Crippen LogP contribution is -2.30. The Morgan fingerprint density at radius 1 is 1.47 bits per heavy atom. The second kappa shape index (κ2) is 6.17. The molecule has 1 aliphatic rings. The fraction of sp³-hybridized carbons (Fsp3) is 0.462. The van der Waals surface area contributed by atoms with Gasteiger partial charge in [0.1, 0.15) is 0 Å². The molecule has 0 spiro atoms. The minimum atomic E-state index is 0.0364. The van der Waals surface area contributed by atoms with Crippen LogP contribution in [0.15, 0.2) is 24.3 Å². The second-order valence-corrected chi connectivity index (χ2v) is 4.79. The number of hydrogen-bond donors (Lipinski definition) is 1. The van der Waals surface area contributed by atoms with Gasteiger partial charge in [-0.05, 0) is 17.5 Å². The van der Waals surface area contributed by atoms with Gasteiger partial charge in [0.15, 0.2) is 0 Å². The summed E-state index contributed by atoms with van der Waals surface area (Å²) in [5.41, 5.74) is 2.36. The van der Waals surface area contributed by atoms with Gasteiger partial charge in [-0.3, -0.25) is 4.79 Å². The number of ether oxygens (including phenoxy) is 1. The van der Waals surface area contributed by atoms with E-state index in [4.69, 9.17) is 4.74 Å². The van der Waals surface area contributed by atoms with Crippen LogP contribution in [0.5, 0.6) is 0 Å². The second-order valence-electron chi connectivity index (χ2n) is 4.23. The molecule has 1 aliphatic heterocycles. The Balaban J connectivity index is 1.86. The number of nitrogens with one attached hydrogen (secondary N) is 1. The van der Waals surface area contributed by atoms with Crippen molar-refractivity contribution in [2.75, 3.05) is 13.2 Å². The molecular formula is C13H16BrNO2. The summed E-state index contributed by atoms with van der Waals surface area (Å²) in [6.45, 7) is 1.86. The molecule has 1 fully saturated rings. The Hall–Kier alpha value is -0.870. The highest BCUT2D eigenvalue weighted by atomic mass is 79.9. The monoisotopic (exact) mass is 297 g/mol. The standard InChI is InChI=1S/C13H16BrNO2/c14-7-10-2-1-3-11(6-10)8-15-13(16)12-4-5-17-9-12/h1-3,6,12H,4-5,7-9H2,(H,15,16). The largest absolute Gasteiger partial charge is 0.381 e. The van der Waals surface area contributed by atoms with Crippen molar-refractivity contribution >= 4 is 21.8 Å². The van der Waals surface area contributed by atoms with Gasteiger partial charge in [0.2, 0.25) is 5.91 Å². The first-order valence-electron chi connectivity index (χ1n) is 5.79. The van der Waals surface area contributed by atoms with Crippen molar-refractivity contribution < 1.29 is 9.53 Å². The van der Waals surface area contributed by atoms with Gasteiger partial charge < -0.3 is 10.1 Å². The number of halogens is 1. The van der Waals surface area contributed by atoms with Gasteiger partial charge in [0.25, 0.3) is 0 Å². The lowest BCUT2D eigenvalue weighted by molar-refractivity contribution is -0.125. The van der Waals surface area contributed by atoms with E-state index >= 15 is 0 Å². The third-order valence-electron chi connectivity index (χ3n) is 2.91. The molecule has 1 saturated heterocycles. The first kappa shape index (κ1) is 12.6. The summed E-state index contributed by atoms with van der Waals surface area (Å²) in [6.07, 6.45) is 0.841. The molecule has 1 heterocycles. The molecule has 1 N–H and O–H groups in total. The van der Waals surface area contributed by atoms with Gasteiger partial charge in [-0.1, -0.05) is 40.2 Å². The van der Waals surface area contributed by atoms with Crippen LogP contribution in [-0.2, 0) is 21.4 Å². The number of alkyl halides is 1. The number of carbonyl (C=O) groups excluding carboxylic acids is 1. The minimum absolute atomic E-state index is 0.0364. The molecule has 1 atom stereocenters. The van der Waals surface area contributed by atoms with E-state index in [0.29, 0.717) is 19.8 Å². The summed E-state index contributed by atoms with van der Waals surface area (Å²) < 4.78 is 5.20. The Bertz CT molecular complexity index is 389. The maximum atomic E-state index is 11.8. The van der Waals surface area contributed by atoms with Gasteiger partial charge in [-0.25, -0.2) is 0 Å². The maximum absolute atomic E-state index is 11.8. The summed E-state index contributed by atoms with van der Waals surface area (Å²) in [7, 11) is 0. The molecular weight excluding hydrogens is 282 g/mol. The summed E-state index contributed by atoms with van der Waals surface area (Å²) in [5, 5.41) is 3.80. The van der Waals surface area contributed by atoms with Crippen molar-refractivity contribution in [1.29, 1.82) is 0 Å². The van der Waals surface area contributed by atoms with Crippen molar-refractivity contribution in [3.63, 3.8) is 0 Å². The summed E-state index contributed by atoms with van der Waals surface area (Å²) >= 11 is 3.42. The molecule has 0 aliphatic carbocycles. The molecule has 4 heteroatoms. The SMILES string of the molecule is O=C(NCc1cccc(CBr)c1)C1CCOC1. The quantitative estimate of drug-likeness (QED) is 0.866. The van der Waals surface area contributed by atoms with Crippen molar-refractivity contribution in [1.82, 2.24) is 5.32 Å². The average molecular weight is 298 g/mol. The van der Waals surface area contributed by atoms with E-state index < -0.39 is 0 Å². The normalized spacial score (nSPS) is 19.2. The highest BCUT2D eigenvalue weighted by molar-refractivity contribution is 9.08. The third-order valence-corrected chi connectivity index (χ3v) is 3.56. The van der Waals surface area contributed by atoms with Crippen LogP contribution in [0, 0.1) is 5.92 Å². The van der Waals surface area contributed by atoms with E-state index in [1.165, 1.54) is 5.56 Å². The molecule has 0 bridgehead atoms. The van der Waals surface area contributed by atoms with Gasteiger partial charge in [-0.2, -0.15) is 0 Å². The zero-order valence-electron chi connectivity index (χ0n) is 9.62. The number of rotatable bonds is 4. The fourth-order valence-corrected chi connectivity index (χ4v) is 2.25. The van der Waals surface area contributed by atoms with E-state index in [-0.39, 0.29) is 11.8 Å². The number of benzene rings is 1. The van der Waals surface area contributed by atoms with Crippen LogP contribution in [0.3, 0.4) is 0 Å². The molecule has 3 nitrogen and oxygen atoms in total. The molecule has 1 unspecified atom stereocenters. The topological polar surface area (TPSA) is 38.3 Å². The maximum Gasteiger partial charge on any atom is 0.225 e. The molecule has 0 aromatic heterocycles. The molecule has 1 aromatic carbocycles. The van der Waals surface area contributed by atoms with Gasteiger partial charge in [-0.15, -0.1) is 0 Å². The predicted octanol–water partition coefficient (Wildman–Crippen LogP) is 2.23. The van der Waals surface area contributed by atoms with E-state index in [0.717, 1.165) is 17.3 Å². The van der Waals surface area contributed by atoms with E-state index in [2.05, 4.69) is 33.4 Å². The van der Waals surface area contributed by atoms with Gasteiger partial charge >= 0.3 is 0 Å². The molecule has 1 aromatic rings. The summed E-state index contributed by atoms with van der Waals surface area (Å²) in [5.74, 6) is 0.140. The number of amides is 1. The van der Waals surface area contributed by atoms with Gasteiger partial charge in [0.05, 0.1) is 12.5 Å². The van der Waals surface area contributed by atoms with Crippen molar-refractivity contribution in [3.05, 3.63) is 35.4 Å². The molecule has 92 valence electrons. The molecule has 17 heavy (non-hydrogen) atoms. The minimum Gasteiger partial charge on any atom is -0.381 e. The van der Waals surface area contributed by atoms with Crippen molar-refractivity contribution in [2.45, 2.75) is 18.3 Å². The van der Waals surface area contributed by atoms with E-state index in [1.807, 2.05) is 12.1 Å². The van der Waals surface area contributed by atoms with Crippen LogP contribution in [0.25, 0.3) is 0 Å². The zero-order valence-corrected chi connectivity index (χ0v) is 11.2. The Morgan fingerprint density at radius 3 is 3.00 bits per heavy atom. The molecule has 2 rings (SSSR count). The number of hydrogen-bond acceptors (Lipinski definition) is 2. The highest BCUT2D eigenvalue weighted by Gasteiger charge is 2.22. The van der Waals surface area contributed by atoms with Gasteiger partial charge in [0, 0.05) is 18.5 Å². The molecule has 0 radical (unpaired) electrons. The molecule has 0 saturated carbocycles. The van der Waals surface area contributed by atoms with E-state index in [1.54, 1.807) is 0 Å². The Morgan fingerprint density at radius 2 is 2.29 bits per heavy atom. The number of carbonyl (C=O) groups is 1. The van der Waals surface area contributed by atoms with Crippen LogP contribution in [0.2, 0.25) is 0 Å². The van der Waals surface area contributed by atoms with E-state index in [9.17, 15) is 4.79 Å². The Labute approximate surface area is 110 Å². The smallest absolute Gasteiger partial charge is 0.225 e. The average Bonchev–Trinajstić information content (AvgIpc) is 2.90. The summed E-state index contributed by atoms with van der Waals surface area (Å²) in [6, 6.07) is 8.19. The first-order valence-corrected chi connectivity index (χ1v) is 6.91. The van der Waals surface area contributed by atoms with Crippen LogP contribution < -0.4 is 5.32 Å². The lowest BCUT2D eigenvalue weighted by atomic mass is 10.1. The predicted molar refractivity (Wildman–Crippen MR) is 69.8 cm³/mol. The third kappa shape index (κ3) is 3.54. The van der Waals surface area contributed by atoms with Crippen molar-refractivity contribution in [3.8, 4) is 0 Å². The van der Waals surface area contributed by atoms with Crippen LogP contribution in [-0.4, -0.2) is 19.1 Å². The molecule has 1 amide bonds. The van der Waals surface area contributed by atoms with Crippen LogP contribution >= 0.6 is 15.9 Å².